The molecule has 1 heterocycles. The van der Waals surface area contributed by atoms with E-state index >= 15 is 0 Å². The third kappa shape index (κ3) is 3.42. The summed E-state index contributed by atoms with van der Waals surface area (Å²) < 4.78 is 0. The number of carbonyl (C=O) groups is 2. The van der Waals surface area contributed by atoms with Crippen LogP contribution in [0.4, 0.5) is 0 Å². The summed E-state index contributed by atoms with van der Waals surface area (Å²) in [5.41, 5.74) is 12.5. The van der Waals surface area contributed by atoms with E-state index < -0.39 is 11.9 Å². The topological polar surface area (TPSA) is 89.4 Å². The standard InChI is InChI=1S/C16H23N3O2/c1-11(14(17)12-7-3-2-4-8-12)16(21)19-10-6-5-9-13(19)15(18)20/h2-4,7-8,11,13-14H,5-6,9-10,17H2,1H3,(H2,18,20). The van der Waals surface area contributed by atoms with Crippen molar-refractivity contribution in [2.45, 2.75) is 38.3 Å². The monoisotopic (exact) mass is 289 g/mol. The van der Waals surface area contributed by atoms with Crippen molar-refractivity contribution in [3.05, 3.63) is 35.9 Å². The van der Waals surface area contributed by atoms with Gasteiger partial charge in [0.2, 0.25) is 11.8 Å². The number of nitrogens with zero attached hydrogens (tertiary/aromatic N) is 1. The maximum Gasteiger partial charge on any atom is 0.240 e. The molecule has 1 aromatic rings. The van der Waals surface area contributed by atoms with Gasteiger partial charge in [0, 0.05) is 12.6 Å². The summed E-state index contributed by atoms with van der Waals surface area (Å²) in [4.78, 5) is 25.8. The fraction of sp³-hybridized carbons (Fsp3) is 0.500. The van der Waals surface area contributed by atoms with Gasteiger partial charge in [-0.1, -0.05) is 37.3 Å². The van der Waals surface area contributed by atoms with Crippen LogP contribution in [0.3, 0.4) is 0 Å². The van der Waals surface area contributed by atoms with E-state index in [-0.39, 0.29) is 17.9 Å². The van der Waals surface area contributed by atoms with E-state index in [1.54, 1.807) is 4.90 Å². The molecule has 114 valence electrons. The maximum atomic E-state index is 12.7. The van der Waals surface area contributed by atoms with Gasteiger partial charge in [0.1, 0.15) is 6.04 Å². The molecule has 21 heavy (non-hydrogen) atoms. The summed E-state index contributed by atoms with van der Waals surface area (Å²) in [5, 5.41) is 0. The van der Waals surface area contributed by atoms with Crippen LogP contribution in [0.2, 0.25) is 0 Å². The minimum atomic E-state index is -0.489. The van der Waals surface area contributed by atoms with Crippen molar-refractivity contribution in [2.75, 3.05) is 6.54 Å². The van der Waals surface area contributed by atoms with Crippen molar-refractivity contribution < 1.29 is 9.59 Å². The van der Waals surface area contributed by atoms with E-state index in [1.165, 1.54) is 0 Å². The van der Waals surface area contributed by atoms with Crippen LogP contribution in [0.25, 0.3) is 0 Å². The summed E-state index contributed by atoms with van der Waals surface area (Å²) >= 11 is 0. The highest BCUT2D eigenvalue weighted by Gasteiger charge is 2.34. The van der Waals surface area contributed by atoms with Gasteiger partial charge < -0.3 is 16.4 Å². The van der Waals surface area contributed by atoms with E-state index in [0.29, 0.717) is 13.0 Å². The lowest BCUT2D eigenvalue weighted by Crippen LogP contribution is -2.53. The first-order chi connectivity index (χ1) is 10.0. The highest BCUT2D eigenvalue weighted by molar-refractivity contribution is 5.88. The fourth-order valence-corrected chi connectivity index (χ4v) is 2.87. The molecule has 4 N–H and O–H groups in total. The zero-order valence-electron chi connectivity index (χ0n) is 12.4. The summed E-state index contributed by atoms with van der Waals surface area (Å²) in [6, 6.07) is 8.67. The van der Waals surface area contributed by atoms with E-state index in [2.05, 4.69) is 0 Å². The Labute approximate surface area is 125 Å². The van der Waals surface area contributed by atoms with Crippen LogP contribution in [0.5, 0.6) is 0 Å². The molecule has 2 rings (SSSR count). The zero-order valence-corrected chi connectivity index (χ0v) is 12.4. The molecule has 1 saturated heterocycles. The molecule has 0 bridgehead atoms. The molecule has 1 fully saturated rings. The number of piperidine rings is 1. The molecule has 1 aliphatic heterocycles. The van der Waals surface area contributed by atoms with Crippen LogP contribution in [0, 0.1) is 5.92 Å². The maximum absolute atomic E-state index is 12.7. The first-order valence-electron chi connectivity index (χ1n) is 7.42. The summed E-state index contributed by atoms with van der Waals surface area (Å²) in [7, 11) is 0. The normalized spacial score (nSPS) is 21.6. The van der Waals surface area contributed by atoms with Gasteiger partial charge in [-0.15, -0.1) is 0 Å². The van der Waals surface area contributed by atoms with Crippen LogP contribution in [0.1, 0.15) is 37.8 Å². The van der Waals surface area contributed by atoms with Crippen molar-refractivity contribution in [3.8, 4) is 0 Å². The van der Waals surface area contributed by atoms with Gasteiger partial charge in [-0.25, -0.2) is 0 Å². The molecular weight excluding hydrogens is 266 g/mol. The van der Waals surface area contributed by atoms with Crippen molar-refractivity contribution in [2.24, 2.45) is 17.4 Å². The quantitative estimate of drug-likeness (QED) is 0.872. The van der Waals surface area contributed by atoms with Crippen molar-refractivity contribution in [1.29, 1.82) is 0 Å². The largest absolute Gasteiger partial charge is 0.368 e. The van der Waals surface area contributed by atoms with E-state index in [1.807, 2.05) is 37.3 Å². The molecule has 3 unspecified atom stereocenters. The van der Waals surface area contributed by atoms with Crippen LogP contribution < -0.4 is 11.5 Å². The highest BCUT2D eigenvalue weighted by atomic mass is 16.2. The molecule has 1 aliphatic rings. The second kappa shape index (κ2) is 6.72. The fourth-order valence-electron chi connectivity index (χ4n) is 2.87. The third-order valence-corrected chi connectivity index (χ3v) is 4.23. The summed E-state index contributed by atoms with van der Waals surface area (Å²) in [5.74, 6) is -0.897. The van der Waals surface area contributed by atoms with Crippen LogP contribution >= 0.6 is 0 Å². The SMILES string of the molecule is CC(C(=O)N1CCCCC1C(N)=O)C(N)c1ccccc1. The Morgan fingerprint density at radius 2 is 1.90 bits per heavy atom. The number of primary amides is 1. The lowest BCUT2D eigenvalue weighted by atomic mass is 9.92. The molecule has 5 heteroatoms. The number of carbonyl (C=O) groups excluding carboxylic acids is 2. The number of hydrogen-bond donors (Lipinski definition) is 2. The average Bonchev–Trinajstić information content (AvgIpc) is 2.53. The molecule has 0 saturated carbocycles. The molecule has 5 nitrogen and oxygen atoms in total. The second-order valence-corrected chi connectivity index (χ2v) is 5.67. The second-order valence-electron chi connectivity index (χ2n) is 5.67. The zero-order chi connectivity index (χ0) is 15.4. The van der Waals surface area contributed by atoms with Gasteiger partial charge in [0.15, 0.2) is 0 Å². The molecule has 0 aliphatic carbocycles. The minimum Gasteiger partial charge on any atom is -0.368 e. The molecule has 0 aromatic heterocycles. The Morgan fingerprint density at radius 3 is 2.52 bits per heavy atom. The van der Waals surface area contributed by atoms with Crippen molar-refractivity contribution >= 4 is 11.8 Å². The Kier molecular flexibility index (Phi) is 4.96. The third-order valence-electron chi connectivity index (χ3n) is 4.23. The van der Waals surface area contributed by atoms with Gasteiger partial charge >= 0.3 is 0 Å². The highest BCUT2D eigenvalue weighted by Crippen LogP contribution is 2.25. The number of likely N-dealkylation sites (tertiary alicyclic amines) is 1. The smallest absolute Gasteiger partial charge is 0.240 e. The first kappa shape index (κ1) is 15.5. The molecule has 3 atom stereocenters. The van der Waals surface area contributed by atoms with E-state index in [9.17, 15) is 9.59 Å². The van der Waals surface area contributed by atoms with Crippen LogP contribution in [0.15, 0.2) is 30.3 Å². The average molecular weight is 289 g/mol. The number of benzene rings is 1. The Hall–Kier alpha value is -1.88. The molecule has 1 aromatic carbocycles. The predicted molar refractivity (Wildman–Crippen MR) is 81.1 cm³/mol. The van der Waals surface area contributed by atoms with Gasteiger partial charge in [-0.3, -0.25) is 9.59 Å². The summed E-state index contributed by atoms with van der Waals surface area (Å²) in [6.45, 7) is 2.39. The molecule has 0 spiro atoms. The van der Waals surface area contributed by atoms with Gasteiger partial charge in [-0.2, -0.15) is 0 Å². The number of hydrogen-bond acceptors (Lipinski definition) is 3. The number of amides is 2. The van der Waals surface area contributed by atoms with Crippen LogP contribution in [-0.4, -0.2) is 29.3 Å². The number of rotatable bonds is 4. The summed E-state index contributed by atoms with van der Waals surface area (Å²) in [6.07, 6.45) is 2.48. The number of nitrogens with two attached hydrogens (primary N) is 2. The lowest BCUT2D eigenvalue weighted by molar-refractivity contribution is -0.144. The minimum absolute atomic E-state index is 0.0881. The van der Waals surface area contributed by atoms with Gasteiger partial charge in [-0.05, 0) is 24.8 Å². The lowest BCUT2D eigenvalue weighted by Gasteiger charge is -2.36. The predicted octanol–water partition coefficient (Wildman–Crippen LogP) is 1.19. The molecular formula is C16H23N3O2. The van der Waals surface area contributed by atoms with Crippen LogP contribution in [-0.2, 0) is 9.59 Å². The Morgan fingerprint density at radius 1 is 1.24 bits per heavy atom. The van der Waals surface area contributed by atoms with E-state index in [4.69, 9.17) is 11.5 Å². The molecule has 0 radical (unpaired) electrons. The van der Waals surface area contributed by atoms with E-state index in [0.717, 1.165) is 18.4 Å². The first-order valence-corrected chi connectivity index (χ1v) is 7.42. The van der Waals surface area contributed by atoms with Gasteiger partial charge in [0.05, 0.1) is 5.92 Å². The molecule has 2 amide bonds. The Balaban J connectivity index is 2.12. The van der Waals surface area contributed by atoms with Crippen molar-refractivity contribution in [1.82, 2.24) is 4.90 Å². The van der Waals surface area contributed by atoms with Gasteiger partial charge in [0.25, 0.3) is 0 Å². The Bertz CT molecular complexity index is 504. The van der Waals surface area contributed by atoms with Crippen molar-refractivity contribution in [3.63, 3.8) is 0 Å².